The summed E-state index contributed by atoms with van der Waals surface area (Å²) in [6, 6.07) is 16.6. The SMILES string of the molecule is CCCc1nc(C)c2c(=O)[nH]c(-c3cc(S(=O)(=O)Nc4ccc(OCc5ccc(OC)cc5)c(OC)c4)ccc3OCC)nn12. The number of H-pyrrole nitrogens is 1. The molecule has 0 fully saturated rings. The molecule has 5 rings (SSSR count). The largest absolute Gasteiger partial charge is 0.497 e. The molecule has 236 valence electrons. The topological polar surface area (TPSA) is 146 Å². The van der Waals surface area contributed by atoms with E-state index in [0.29, 0.717) is 52.9 Å². The number of aromatic nitrogens is 4. The van der Waals surface area contributed by atoms with Crippen LogP contribution in [0.5, 0.6) is 23.0 Å². The summed E-state index contributed by atoms with van der Waals surface area (Å²) < 4.78 is 53.7. The third kappa shape index (κ3) is 6.73. The van der Waals surface area contributed by atoms with Crippen LogP contribution in [0.15, 0.2) is 70.4 Å². The highest BCUT2D eigenvalue weighted by atomic mass is 32.2. The molecule has 45 heavy (non-hydrogen) atoms. The number of nitrogens with zero attached hydrogens (tertiary/aromatic N) is 3. The zero-order valence-electron chi connectivity index (χ0n) is 25.7. The van der Waals surface area contributed by atoms with E-state index in [-0.39, 0.29) is 28.6 Å². The maximum atomic E-state index is 13.6. The second kappa shape index (κ2) is 13.3. The molecule has 2 heterocycles. The van der Waals surface area contributed by atoms with Crippen molar-refractivity contribution in [3.8, 4) is 34.4 Å². The quantitative estimate of drug-likeness (QED) is 0.180. The second-order valence-electron chi connectivity index (χ2n) is 10.1. The van der Waals surface area contributed by atoms with Crippen molar-refractivity contribution < 1.29 is 27.4 Å². The number of aromatic amines is 1. The maximum Gasteiger partial charge on any atom is 0.277 e. The molecule has 0 aliphatic rings. The fourth-order valence-corrected chi connectivity index (χ4v) is 5.91. The van der Waals surface area contributed by atoms with Crippen molar-refractivity contribution in [2.75, 3.05) is 25.5 Å². The summed E-state index contributed by atoms with van der Waals surface area (Å²) in [5, 5.41) is 4.64. The van der Waals surface area contributed by atoms with E-state index < -0.39 is 10.0 Å². The number of fused-ring (bicyclic) bond motifs is 1. The van der Waals surface area contributed by atoms with E-state index in [0.717, 1.165) is 17.7 Å². The number of sulfonamides is 1. The van der Waals surface area contributed by atoms with Gasteiger partial charge in [-0.1, -0.05) is 19.1 Å². The van der Waals surface area contributed by atoms with Gasteiger partial charge in [0.2, 0.25) is 0 Å². The van der Waals surface area contributed by atoms with Crippen LogP contribution in [0.4, 0.5) is 5.69 Å². The van der Waals surface area contributed by atoms with Crippen molar-refractivity contribution in [2.24, 2.45) is 0 Å². The number of anilines is 1. The molecule has 0 amide bonds. The molecule has 0 saturated carbocycles. The van der Waals surface area contributed by atoms with E-state index in [4.69, 9.17) is 18.9 Å². The minimum atomic E-state index is -4.09. The first-order valence-corrected chi connectivity index (χ1v) is 15.9. The molecular weight excluding hydrogens is 598 g/mol. The van der Waals surface area contributed by atoms with Crippen LogP contribution in [-0.4, -0.2) is 48.8 Å². The summed E-state index contributed by atoms with van der Waals surface area (Å²) in [6.45, 7) is 6.18. The molecular formula is C32H35N5O7S. The summed E-state index contributed by atoms with van der Waals surface area (Å²) >= 11 is 0. The first-order valence-electron chi connectivity index (χ1n) is 14.4. The predicted octanol–water partition coefficient (Wildman–Crippen LogP) is 5.14. The van der Waals surface area contributed by atoms with Crippen LogP contribution in [0, 0.1) is 6.92 Å². The molecule has 0 saturated heterocycles. The highest BCUT2D eigenvalue weighted by Gasteiger charge is 2.22. The Labute approximate surface area is 261 Å². The Morgan fingerprint density at radius 2 is 1.67 bits per heavy atom. The zero-order chi connectivity index (χ0) is 32.1. The fourth-order valence-electron chi connectivity index (χ4n) is 4.83. The van der Waals surface area contributed by atoms with E-state index in [1.54, 1.807) is 38.3 Å². The Kier molecular flexibility index (Phi) is 9.28. The lowest BCUT2D eigenvalue weighted by Crippen LogP contribution is -2.17. The molecule has 12 nitrogen and oxygen atoms in total. The lowest BCUT2D eigenvalue weighted by molar-refractivity contribution is 0.284. The number of aryl methyl sites for hydroxylation is 2. The first-order chi connectivity index (χ1) is 21.7. The van der Waals surface area contributed by atoms with E-state index in [1.165, 1.54) is 23.8 Å². The van der Waals surface area contributed by atoms with Gasteiger partial charge in [-0.05, 0) is 68.3 Å². The number of ether oxygens (including phenoxy) is 4. The minimum Gasteiger partial charge on any atom is -0.497 e. The van der Waals surface area contributed by atoms with Crippen LogP contribution in [-0.2, 0) is 23.1 Å². The fraction of sp³-hybridized carbons (Fsp3) is 0.281. The Bertz CT molecular complexity index is 1990. The molecule has 0 bridgehead atoms. The van der Waals surface area contributed by atoms with Crippen molar-refractivity contribution >= 4 is 21.2 Å². The van der Waals surface area contributed by atoms with Gasteiger partial charge in [0.25, 0.3) is 15.6 Å². The molecule has 0 aliphatic heterocycles. The first kappa shape index (κ1) is 31.4. The van der Waals surface area contributed by atoms with E-state index in [2.05, 4.69) is 19.8 Å². The van der Waals surface area contributed by atoms with E-state index in [9.17, 15) is 13.2 Å². The Morgan fingerprint density at radius 3 is 2.36 bits per heavy atom. The third-order valence-corrected chi connectivity index (χ3v) is 8.38. The molecule has 13 heteroatoms. The number of rotatable bonds is 13. The third-order valence-electron chi connectivity index (χ3n) is 7.00. The van der Waals surface area contributed by atoms with Crippen LogP contribution >= 0.6 is 0 Å². The van der Waals surface area contributed by atoms with Crippen LogP contribution < -0.4 is 29.2 Å². The highest BCUT2D eigenvalue weighted by molar-refractivity contribution is 7.92. The Balaban J connectivity index is 1.44. The minimum absolute atomic E-state index is 0.0573. The van der Waals surface area contributed by atoms with Crippen molar-refractivity contribution in [3.05, 3.63) is 88.1 Å². The van der Waals surface area contributed by atoms with Gasteiger partial charge in [-0.15, -0.1) is 5.10 Å². The number of hydrogen-bond acceptors (Lipinski definition) is 9. The van der Waals surface area contributed by atoms with E-state index in [1.807, 2.05) is 38.1 Å². The van der Waals surface area contributed by atoms with Gasteiger partial charge in [0.1, 0.15) is 23.9 Å². The second-order valence-corrected chi connectivity index (χ2v) is 11.8. The molecule has 0 aliphatic carbocycles. The smallest absolute Gasteiger partial charge is 0.277 e. The van der Waals surface area contributed by atoms with Gasteiger partial charge >= 0.3 is 0 Å². The maximum absolute atomic E-state index is 13.6. The number of hydrogen-bond donors (Lipinski definition) is 2. The van der Waals surface area contributed by atoms with Gasteiger partial charge in [0.15, 0.2) is 22.8 Å². The van der Waals surface area contributed by atoms with Crippen molar-refractivity contribution in [3.63, 3.8) is 0 Å². The van der Waals surface area contributed by atoms with Crippen molar-refractivity contribution in [2.45, 2.75) is 45.1 Å². The van der Waals surface area contributed by atoms with Crippen LogP contribution in [0.1, 0.15) is 37.4 Å². The van der Waals surface area contributed by atoms with Crippen LogP contribution in [0.3, 0.4) is 0 Å². The summed E-state index contributed by atoms with van der Waals surface area (Å²) in [6.07, 6.45) is 1.43. The van der Waals surface area contributed by atoms with Gasteiger partial charge in [0, 0.05) is 12.5 Å². The lowest BCUT2D eigenvalue weighted by atomic mass is 10.2. The normalized spacial score (nSPS) is 11.4. The number of imidazole rings is 1. The van der Waals surface area contributed by atoms with Crippen LogP contribution in [0.25, 0.3) is 16.9 Å². The number of methoxy groups -OCH3 is 2. The van der Waals surface area contributed by atoms with Gasteiger partial charge in [-0.2, -0.15) is 0 Å². The summed E-state index contributed by atoms with van der Waals surface area (Å²) in [4.78, 5) is 20.3. The monoisotopic (exact) mass is 633 g/mol. The number of benzene rings is 3. The highest BCUT2D eigenvalue weighted by Crippen LogP contribution is 2.34. The van der Waals surface area contributed by atoms with Gasteiger partial charge in [0.05, 0.1) is 42.7 Å². The average Bonchev–Trinajstić information content (AvgIpc) is 3.35. The molecule has 0 atom stereocenters. The van der Waals surface area contributed by atoms with Crippen LogP contribution in [0.2, 0.25) is 0 Å². The summed E-state index contributed by atoms with van der Waals surface area (Å²) in [5.41, 5.74) is 2.03. The molecule has 3 aromatic carbocycles. The molecule has 2 aromatic heterocycles. The average molecular weight is 634 g/mol. The molecule has 2 N–H and O–H groups in total. The van der Waals surface area contributed by atoms with Gasteiger partial charge < -0.3 is 23.9 Å². The van der Waals surface area contributed by atoms with Crippen molar-refractivity contribution in [1.29, 1.82) is 0 Å². The Morgan fingerprint density at radius 1 is 0.911 bits per heavy atom. The number of nitrogens with one attached hydrogen (secondary N) is 2. The van der Waals surface area contributed by atoms with Gasteiger partial charge in [-0.25, -0.2) is 17.9 Å². The predicted molar refractivity (Wildman–Crippen MR) is 170 cm³/mol. The van der Waals surface area contributed by atoms with E-state index >= 15 is 0 Å². The lowest BCUT2D eigenvalue weighted by Gasteiger charge is -2.15. The molecule has 0 spiro atoms. The standard InChI is InChI=1S/C32H35N5O7S/c1-6-8-29-33-20(3)30-32(38)34-31(35-37(29)30)25-18-24(14-16-26(25)43-7-2)45(39,40)36-22-11-15-27(28(17-22)42-5)44-19-21-9-12-23(41-4)13-10-21/h9-18,36H,6-8,19H2,1-5H3,(H,34,35,38). The molecule has 0 radical (unpaired) electrons. The molecule has 5 aromatic rings. The summed E-state index contributed by atoms with van der Waals surface area (Å²) in [5.74, 6) is 2.71. The Hall–Kier alpha value is -5.04. The van der Waals surface area contributed by atoms with Gasteiger partial charge in [-0.3, -0.25) is 9.52 Å². The van der Waals surface area contributed by atoms with Crippen molar-refractivity contribution in [1.82, 2.24) is 19.6 Å². The molecule has 0 unspecified atom stereocenters. The zero-order valence-corrected chi connectivity index (χ0v) is 26.5. The summed E-state index contributed by atoms with van der Waals surface area (Å²) in [7, 11) is -1.01.